The lowest BCUT2D eigenvalue weighted by molar-refractivity contribution is 0.0945. The first-order valence-electron chi connectivity index (χ1n) is 7.80. The maximum atomic E-state index is 13.0. The van der Waals surface area contributed by atoms with Crippen molar-refractivity contribution in [3.63, 3.8) is 0 Å². The zero-order chi connectivity index (χ0) is 14.2. The Morgan fingerprint density at radius 2 is 2.05 bits per heavy atom. The summed E-state index contributed by atoms with van der Waals surface area (Å²) in [5, 5.41) is 3.72. The first kappa shape index (κ1) is 14.0. The predicted octanol–water partition coefficient (Wildman–Crippen LogP) is 2.83. The summed E-state index contributed by atoms with van der Waals surface area (Å²) in [4.78, 5) is 2.60. The van der Waals surface area contributed by atoms with Gasteiger partial charge in [0.25, 0.3) is 0 Å². The van der Waals surface area contributed by atoms with Crippen LogP contribution in [0, 0.1) is 11.7 Å². The molecule has 0 aromatic heterocycles. The van der Waals surface area contributed by atoms with Crippen LogP contribution in [0.2, 0.25) is 0 Å². The minimum atomic E-state index is -0.148. The molecule has 2 nitrogen and oxygen atoms in total. The molecule has 1 saturated heterocycles. The van der Waals surface area contributed by atoms with Crippen LogP contribution in [-0.2, 0) is 6.42 Å². The average molecular weight is 276 g/mol. The zero-order valence-corrected chi connectivity index (χ0v) is 12.5. The number of hydrogen-bond acceptors (Lipinski definition) is 2. The fourth-order valence-electron chi connectivity index (χ4n) is 3.50. The van der Waals surface area contributed by atoms with Crippen LogP contribution in [0.25, 0.3) is 0 Å². The molecule has 2 unspecified atom stereocenters. The third kappa shape index (κ3) is 3.04. The smallest absolute Gasteiger partial charge is 0.123 e. The number of hydrogen-bond donors (Lipinski definition) is 1. The van der Waals surface area contributed by atoms with Gasteiger partial charge < -0.3 is 5.32 Å². The lowest BCUT2D eigenvalue weighted by Gasteiger charge is -2.44. The van der Waals surface area contributed by atoms with Gasteiger partial charge in [-0.3, -0.25) is 4.90 Å². The molecule has 2 atom stereocenters. The molecule has 2 fully saturated rings. The van der Waals surface area contributed by atoms with Gasteiger partial charge in [0.1, 0.15) is 5.82 Å². The molecule has 1 aliphatic carbocycles. The Kier molecular flexibility index (Phi) is 3.83. The van der Waals surface area contributed by atoms with Gasteiger partial charge in [-0.2, -0.15) is 0 Å². The molecule has 1 aliphatic heterocycles. The summed E-state index contributed by atoms with van der Waals surface area (Å²) in [5.41, 5.74) is 1.53. The average Bonchev–Trinajstić information content (AvgIpc) is 3.26. The van der Waals surface area contributed by atoms with Crippen molar-refractivity contribution >= 4 is 0 Å². The second-order valence-electron chi connectivity index (χ2n) is 6.77. The van der Waals surface area contributed by atoms with E-state index >= 15 is 0 Å². The van der Waals surface area contributed by atoms with E-state index in [4.69, 9.17) is 0 Å². The molecule has 20 heavy (non-hydrogen) atoms. The molecule has 1 aromatic carbocycles. The highest BCUT2D eigenvalue weighted by molar-refractivity contribution is 5.17. The van der Waals surface area contributed by atoms with E-state index in [1.807, 2.05) is 12.1 Å². The third-order valence-electron chi connectivity index (χ3n) is 5.01. The van der Waals surface area contributed by atoms with Crippen molar-refractivity contribution in [1.29, 1.82) is 0 Å². The van der Waals surface area contributed by atoms with Gasteiger partial charge in [0.15, 0.2) is 0 Å². The molecule has 1 heterocycles. The van der Waals surface area contributed by atoms with Crippen molar-refractivity contribution in [3.8, 4) is 0 Å². The van der Waals surface area contributed by atoms with Crippen molar-refractivity contribution < 1.29 is 4.39 Å². The van der Waals surface area contributed by atoms with E-state index in [2.05, 4.69) is 24.1 Å². The molecule has 0 spiro atoms. The van der Waals surface area contributed by atoms with Gasteiger partial charge in [0, 0.05) is 31.2 Å². The fourth-order valence-corrected chi connectivity index (χ4v) is 3.50. The Balaban J connectivity index is 1.61. The fraction of sp³-hybridized carbons (Fsp3) is 0.647. The maximum absolute atomic E-state index is 13.0. The van der Waals surface area contributed by atoms with E-state index < -0.39 is 0 Å². The van der Waals surface area contributed by atoms with Crippen molar-refractivity contribution in [3.05, 3.63) is 35.6 Å². The highest BCUT2D eigenvalue weighted by Gasteiger charge is 2.44. The molecule has 0 amide bonds. The van der Waals surface area contributed by atoms with E-state index in [0.29, 0.717) is 11.6 Å². The van der Waals surface area contributed by atoms with Gasteiger partial charge in [-0.15, -0.1) is 0 Å². The van der Waals surface area contributed by atoms with E-state index in [0.717, 1.165) is 32.0 Å². The Morgan fingerprint density at radius 1 is 1.35 bits per heavy atom. The summed E-state index contributed by atoms with van der Waals surface area (Å²) >= 11 is 0. The van der Waals surface area contributed by atoms with Gasteiger partial charge in [0.05, 0.1) is 0 Å². The summed E-state index contributed by atoms with van der Waals surface area (Å²) in [6.45, 7) is 8.01. The number of halogens is 1. The van der Waals surface area contributed by atoms with E-state index in [-0.39, 0.29) is 5.82 Å². The minimum Gasteiger partial charge on any atom is -0.309 e. The van der Waals surface area contributed by atoms with E-state index in [1.54, 1.807) is 12.1 Å². The molecule has 3 rings (SSSR count). The number of rotatable bonds is 4. The van der Waals surface area contributed by atoms with Gasteiger partial charge in [-0.1, -0.05) is 12.1 Å². The first-order valence-corrected chi connectivity index (χ1v) is 7.80. The van der Waals surface area contributed by atoms with E-state index in [9.17, 15) is 4.39 Å². The summed E-state index contributed by atoms with van der Waals surface area (Å²) in [7, 11) is 0. The number of nitrogens with one attached hydrogen (secondary N) is 1. The Morgan fingerprint density at radius 3 is 2.70 bits per heavy atom. The standard InChI is InChI=1S/C17H25FN2/c1-13(11-14-3-7-16(18)8-4-14)20-10-9-19-17(2,12-20)15-5-6-15/h3-4,7-8,13,15,19H,5-6,9-12H2,1-2H3. The molecule has 1 aromatic rings. The highest BCUT2D eigenvalue weighted by atomic mass is 19.1. The summed E-state index contributed by atoms with van der Waals surface area (Å²) in [6, 6.07) is 7.46. The largest absolute Gasteiger partial charge is 0.309 e. The van der Waals surface area contributed by atoms with Crippen molar-refractivity contribution in [2.45, 2.75) is 44.7 Å². The Bertz CT molecular complexity index is 455. The van der Waals surface area contributed by atoms with Crippen molar-refractivity contribution in [2.75, 3.05) is 19.6 Å². The lowest BCUT2D eigenvalue weighted by atomic mass is 9.91. The minimum absolute atomic E-state index is 0.148. The monoisotopic (exact) mass is 276 g/mol. The predicted molar refractivity (Wildman–Crippen MR) is 80.3 cm³/mol. The molecule has 2 aliphatic rings. The van der Waals surface area contributed by atoms with Crippen LogP contribution in [-0.4, -0.2) is 36.1 Å². The third-order valence-corrected chi connectivity index (χ3v) is 5.01. The summed E-state index contributed by atoms with van der Waals surface area (Å²) in [5.74, 6) is 0.716. The highest BCUT2D eigenvalue weighted by Crippen LogP contribution is 2.41. The van der Waals surface area contributed by atoms with Crippen LogP contribution < -0.4 is 5.32 Å². The van der Waals surface area contributed by atoms with Crippen LogP contribution in [0.15, 0.2) is 24.3 Å². The van der Waals surface area contributed by atoms with Crippen LogP contribution in [0.3, 0.4) is 0 Å². The van der Waals surface area contributed by atoms with Crippen LogP contribution in [0.4, 0.5) is 4.39 Å². The molecule has 3 heteroatoms. The van der Waals surface area contributed by atoms with Gasteiger partial charge in [-0.25, -0.2) is 4.39 Å². The van der Waals surface area contributed by atoms with Gasteiger partial charge in [0.2, 0.25) is 0 Å². The van der Waals surface area contributed by atoms with Crippen LogP contribution >= 0.6 is 0 Å². The van der Waals surface area contributed by atoms with Crippen molar-refractivity contribution in [1.82, 2.24) is 10.2 Å². The molecule has 110 valence electrons. The van der Waals surface area contributed by atoms with E-state index in [1.165, 1.54) is 18.4 Å². The number of benzene rings is 1. The number of nitrogens with zero attached hydrogens (tertiary/aromatic N) is 1. The molecule has 0 bridgehead atoms. The van der Waals surface area contributed by atoms with Crippen LogP contribution in [0.1, 0.15) is 32.3 Å². The molecular formula is C17H25FN2. The summed E-state index contributed by atoms with van der Waals surface area (Å²) in [6.07, 6.45) is 3.76. The lowest BCUT2D eigenvalue weighted by Crippen LogP contribution is -2.61. The molecular weight excluding hydrogens is 251 g/mol. The first-order chi connectivity index (χ1) is 9.57. The molecule has 1 N–H and O–H groups in total. The quantitative estimate of drug-likeness (QED) is 0.909. The SMILES string of the molecule is CC(Cc1ccc(F)cc1)N1CCNC(C)(C2CC2)C1. The second kappa shape index (κ2) is 5.45. The van der Waals surface area contributed by atoms with Crippen molar-refractivity contribution in [2.24, 2.45) is 5.92 Å². The maximum Gasteiger partial charge on any atom is 0.123 e. The Labute approximate surface area is 121 Å². The normalized spacial score (nSPS) is 29.4. The number of piperazine rings is 1. The second-order valence-corrected chi connectivity index (χ2v) is 6.77. The molecule has 1 saturated carbocycles. The van der Waals surface area contributed by atoms with Crippen LogP contribution in [0.5, 0.6) is 0 Å². The summed E-state index contributed by atoms with van der Waals surface area (Å²) < 4.78 is 13.0. The van der Waals surface area contributed by atoms with Gasteiger partial charge in [-0.05, 0) is 56.7 Å². The Hall–Kier alpha value is -0.930. The molecule has 0 radical (unpaired) electrons. The zero-order valence-electron chi connectivity index (χ0n) is 12.5. The topological polar surface area (TPSA) is 15.3 Å². The van der Waals surface area contributed by atoms with Gasteiger partial charge >= 0.3 is 0 Å².